The summed E-state index contributed by atoms with van der Waals surface area (Å²) in [5.74, 6) is 1.19. The number of nitrogen functional groups attached to an aromatic ring is 1. The first kappa shape index (κ1) is 21.3. The van der Waals surface area contributed by atoms with Crippen LogP contribution in [0.4, 0.5) is 15.9 Å². The number of nitrogens with zero attached hydrogens (tertiary/aromatic N) is 4. The van der Waals surface area contributed by atoms with Gasteiger partial charge in [0.2, 0.25) is 0 Å². The summed E-state index contributed by atoms with van der Waals surface area (Å²) in [5.41, 5.74) is 9.51. The Labute approximate surface area is 193 Å². The summed E-state index contributed by atoms with van der Waals surface area (Å²) < 4.78 is 32.1. The first-order valence-electron chi connectivity index (χ1n) is 10.4. The number of nitrogens with two attached hydrogens (primary N) is 1. The Kier molecular flexibility index (Phi) is 5.69. The second kappa shape index (κ2) is 9.10. The molecule has 5 aromatic rings. The summed E-state index contributed by atoms with van der Waals surface area (Å²) in [7, 11) is 1.62. The summed E-state index contributed by atoms with van der Waals surface area (Å²) in [6, 6.07) is 14.2. The van der Waals surface area contributed by atoms with Crippen molar-refractivity contribution in [1.82, 2.24) is 19.9 Å². The van der Waals surface area contributed by atoms with Crippen molar-refractivity contribution >= 4 is 11.5 Å². The smallest absolute Gasteiger partial charge is 0.170 e. The maximum atomic E-state index is 15.0. The number of benzene rings is 2. The molecule has 0 atom stereocenters. The van der Waals surface area contributed by atoms with Gasteiger partial charge in [0.05, 0.1) is 37.1 Å². The van der Waals surface area contributed by atoms with Crippen molar-refractivity contribution in [3.63, 3.8) is 0 Å². The second-order valence-electron chi connectivity index (χ2n) is 7.57. The van der Waals surface area contributed by atoms with E-state index in [4.69, 9.17) is 19.5 Å². The van der Waals surface area contributed by atoms with E-state index in [0.29, 0.717) is 47.1 Å². The lowest BCUT2D eigenvalue weighted by Crippen LogP contribution is -2.01. The highest BCUT2D eigenvalue weighted by Gasteiger charge is 2.14. The molecule has 0 saturated heterocycles. The largest absolute Gasteiger partial charge is 0.495 e. The van der Waals surface area contributed by atoms with Crippen molar-refractivity contribution in [1.29, 1.82) is 0 Å². The van der Waals surface area contributed by atoms with E-state index in [0.717, 1.165) is 17.1 Å². The quantitative estimate of drug-likeness (QED) is 0.349. The van der Waals surface area contributed by atoms with Crippen LogP contribution in [0.3, 0.4) is 0 Å². The fourth-order valence-corrected chi connectivity index (χ4v) is 3.56. The molecule has 0 radical (unpaired) electrons. The number of nitrogens with one attached hydrogen (secondary N) is 1. The zero-order valence-electron chi connectivity index (χ0n) is 18.2. The highest BCUT2D eigenvalue weighted by Crippen LogP contribution is 2.26. The molecule has 0 fully saturated rings. The van der Waals surface area contributed by atoms with E-state index >= 15 is 0 Å². The molecule has 0 aliphatic carbocycles. The van der Waals surface area contributed by atoms with Crippen LogP contribution in [0.15, 0.2) is 76.4 Å². The predicted molar refractivity (Wildman–Crippen MR) is 123 cm³/mol. The molecule has 0 saturated carbocycles. The van der Waals surface area contributed by atoms with Gasteiger partial charge in [-0.3, -0.25) is 0 Å². The van der Waals surface area contributed by atoms with Crippen molar-refractivity contribution < 1.29 is 18.2 Å². The monoisotopic (exact) mass is 460 g/mol. The lowest BCUT2D eigenvalue weighted by molar-refractivity contribution is 0.390. The van der Waals surface area contributed by atoms with Crippen molar-refractivity contribution in [2.24, 2.45) is 0 Å². The van der Waals surface area contributed by atoms with E-state index in [1.807, 2.05) is 24.3 Å². The third-order valence-corrected chi connectivity index (χ3v) is 5.32. The first-order valence-corrected chi connectivity index (χ1v) is 10.4. The Morgan fingerprint density at radius 3 is 2.82 bits per heavy atom. The molecule has 5 rings (SSSR count). The van der Waals surface area contributed by atoms with Gasteiger partial charge >= 0.3 is 0 Å². The van der Waals surface area contributed by atoms with Gasteiger partial charge in [-0.15, -0.1) is 0 Å². The molecule has 3 aromatic heterocycles. The normalized spacial score (nSPS) is 11.0. The lowest BCUT2D eigenvalue weighted by Gasteiger charge is -2.09. The highest BCUT2D eigenvalue weighted by molar-refractivity contribution is 5.61. The SMILES string of the molecule is COc1ccccc1NCc1cn(-c2ccc(-c3cc(Cc4conc4N)on3)cc2F)cn1. The predicted octanol–water partition coefficient (Wildman–Crippen LogP) is 4.45. The number of hydrogen-bond acceptors (Lipinski definition) is 8. The maximum Gasteiger partial charge on any atom is 0.170 e. The van der Waals surface area contributed by atoms with E-state index in [9.17, 15) is 4.39 Å². The zero-order valence-corrected chi connectivity index (χ0v) is 18.2. The van der Waals surface area contributed by atoms with E-state index in [1.54, 1.807) is 42.4 Å². The minimum atomic E-state index is -0.410. The van der Waals surface area contributed by atoms with Gasteiger partial charge in [0.1, 0.15) is 29.3 Å². The number of para-hydroxylation sites is 2. The van der Waals surface area contributed by atoms with Gasteiger partial charge in [0, 0.05) is 29.8 Å². The molecular formula is C24H21FN6O3. The van der Waals surface area contributed by atoms with Crippen molar-refractivity contribution in [3.05, 3.63) is 90.2 Å². The number of aromatic nitrogens is 4. The van der Waals surface area contributed by atoms with Crippen LogP contribution in [0.5, 0.6) is 5.75 Å². The van der Waals surface area contributed by atoms with E-state index in [-0.39, 0.29) is 0 Å². The van der Waals surface area contributed by atoms with Crippen LogP contribution in [-0.2, 0) is 13.0 Å². The molecule has 3 N–H and O–H groups in total. The van der Waals surface area contributed by atoms with E-state index < -0.39 is 5.82 Å². The minimum absolute atomic E-state index is 0.297. The fourth-order valence-electron chi connectivity index (χ4n) is 3.56. The highest BCUT2D eigenvalue weighted by atomic mass is 19.1. The number of halogens is 1. The minimum Gasteiger partial charge on any atom is -0.495 e. The molecule has 2 aromatic carbocycles. The first-order chi connectivity index (χ1) is 16.6. The average Bonchev–Trinajstić information content (AvgIpc) is 3.60. The maximum absolute atomic E-state index is 15.0. The molecule has 172 valence electrons. The van der Waals surface area contributed by atoms with Crippen LogP contribution >= 0.6 is 0 Å². The Bertz CT molecular complexity index is 1420. The summed E-state index contributed by atoms with van der Waals surface area (Å²) in [6.07, 6.45) is 5.19. The molecule has 0 bridgehead atoms. The van der Waals surface area contributed by atoms with Crippen molar-refractivity contribution in [3.8, 4) is 22.7 Å². The zero-order chi connectivity index (χ0) is 23.5. The molecule has 0 spiro atoms. The number of ether oxygens (including phenoxy) is 1. The average molecular weight is 460 g/mol. The molecule has 9 nitrogen and oxygen atoms in total. The van der Waals surface area contributed by atoms with Crippen LogP contribution in [0.2, 0.25) is 0 Å². The van der Waals surface area contributed by atoms with Gasteiger partial charge < -0.3 is 29.4 Å². The van der Waals surface area contributed by atoms with Gasteiger partial charge in [-0.2, -0.15) is 0 Å². The number of hydrogen-bond donors (Lipinski definition) is 2. The Morgan fingerprint density at radius 2 is 2.03 bits per heavy atom. The molecule has 0 aliphatic heterocycles. The fraction of sp³-hybridized carbons (Fsp3) is 0.125. The van der Waals surface area contributed by atoms with Crippen molar-refractivity contribution in [2.45, 2.75) is 13.0 Å². The summed E-state index contributed by atoms with van der Waals surface area (Å²) in [4.78, 5) is 4.37. The van der Waals surface area contributed by atoms with E-state index in [2.05, 4.69) is 20.6 Å². The third-order valence-electron chi connectivity index (χ3n) is 5.32. The Hall–Kier alpha value is -4.60. The van der Waals surface area contributed by atoms with Crippen molar-refractivity contribution in [2.75, 3.05) is 18.2 Å². The molecule has 10 heteroatoms. The molecule has 0 aliphatic rings. The molecule has 0 unspecified atom stereocenters. The summed E-state index contributed by atoms with van der Waals surface area (Å²) in [5, 5.41) is 11.0. The van der Waals surface area contributed by atoms with Gasteiger partial charge in [-0.05, 0) is 24.3 Å². The van der Waals surface area contributed by atoms with Gasteiger partial charge in [-0.25, -0.2) is 9.37 Å². The summed E-state index contributed by atoms with van der Waals surface area (Å²) in [6.45, 7) is 0.464. The van der Waals surface area contributed by atoms with Gasteiger partial charge in [-0.1, -0.05) is 28.5 Å². The third kappa shape index (κ3) is 4.33. The van der Waals surface area contributed by atoms with E-state index in [1.165, 1.54) is 12.3 Å². The van der Waals surface area contributed by atoms with Crippen LogP contribution in [0, 0.1) is 5.82 Å². The second-order valence-corrected chi connectivity index (χ2v) is 7.57. The molecular weight excluding hydrogens is 439 g/mol. The van der Waals surface area contributed by atoms with Gasteiger partial charge in [0.25, 0.3) is 0 Å². The number of methoxy groups -OCH3 is 1. The van der Waals surface area contributed by atoms with Crippen LogP contribution < -0.4 is 15.8 Å². The Balaban J connectivity index is 1.29. The molecule has 34 heavy (non-hydrogen) atoms. The standard InChI is InChI=1S/C24H21FN6O3/c1-32-23-5-3-2-4-20(23)27-11-17-12-31(14-28-17)22-7-6-15(9-19(22)25)21-10-18(34-29-21)8-16-13-33-30-24(16)26/h2-7,9-10,12-14,27H,8,11H2,1H3,(H2,26,30). The van der Waals surface area contributed by atoms with Crippen LogP contribution in [0.1, 0.15) is 17.0 Å². The number of rotatable bonds is 8. The Morgan fingerprint density at radius 1 is 1.15 bits per heavy atom. The molecule has 0 amide bonds. The lowest BCUT2D eigenvalue weighted by atomic mass is 10.1. The number of imidazole rings is 1. The molecule has 3 heterocycles. The topological polar surface area (TPSA) is 117 Å². The van der Waals surface area contributed by atoms with Crippen LogP contribution in [0.25, 0.3) is 16.9 Å². The number of anilines is 2. The van der Waals surface area contributed by atoms with Gasteiger partial charge in [0.15, 0.2) is 5.82 Å². The summed E-state index contributed by atoms with van der Waals surface area (Å²) >= 11 is 0. The van der Waals surface area contributed by atoms with Crippen LogP contribution in [-0.4, -0.2) is 27.0 Å².